The fourth-order valence-corrected chi connectivity index (χ4v) is 2.59. The van der Waals surface area contributed by atoms with Crippen molar-refractivity contribution in [3.8, 4) is 0 Å². The Balaban J connectivity index is 1.94. The normalized spacial score (nSPS) is 10.6. The second kappa shape index (κ2) is 15.5. The van der Waals surface area contributed by atoms with Gasteiger partial charge in [0.2, 0.25) is 0 Å². The predicted octanol–water partition coefficient (Wildman–Crippen LogP) is 5.08. The van der Waals surface area contributed by atoms with E-state index in [-0.39, 0.29) is 19.8 Å². The lowest BCUT2D eigenvalue weighted by molar-refractivity contribution is -0.156. The number of rotatable bonds is 15. The Morgan fingerprint density at radius 2 is 1.37 bits per heavy atom. The third kappa shape index (κ3) is 13.3. The molecule has 0 saturated carbocycles. The molecule has 5 nitrogen and oxygen atoms in total. The lowest BCUT2D eigenvalue weighted by Crippen LogP contribution is -2.18. The van der Waals surface area contributed by atoms with Gasteiger partial charge in [-0.2, -0.15) is 0 Å². The van der Waals surface area contributed by atoms with E-state index in [1.54, 1.807) is 24.3 Å². The van der Waals surface area contributed by atoms with Gasteiger partial charge in [0.1, 0.15) is 19.8 Å². The van der Waals surface area contributed by atoms with E-state index in [4.69, 9.17) is 25.8 Å². The lowest BCUT2D eigenvalue weighted by atomic mass is 10.1. The van der Waals surface area contributed by atoms with Crippen LogP contribution in [0.15, 0.2) is 24.3 Å². The van der Waals surface area contributed by atoms with Gasteiger partial charge >= 0.3 is 11.9 Å². The smallest absolute Gasteiger partial charge is 0.332 e. The highest BCUT2D eigenvalue weighted by Gasteiger charge is 2.08. The van der Waals surface area contributed by atoms with Crippen molar-refractivity contribution < 1.29 is 23.8 Å². The van der Waals surface area contributed by atoms with Crippen molar-refractivity contribution in [2.24, 2.45) is 0 Å². The standard InChI is InChI=1S/C21H31ClO5/c1-2-3-4-5-6-7-8-9-14-26-20(23)16-25-17-21(24)27-15-18-10-12-19(22)13-11-18/h10-13H,2-9,14-17H2,1H3. The number of carbonyl (C=O) groups excluding carboxylic acids is 2. The van der Waals surface area contributed by atoms with Crippen LogP contribution in [0, 0.1) is 0 Å². The van der Waals surface area contributed by atoms with Crippen molar-refractivity contribution in [3.63, 3.8) is 0 Å². The maximum absolute atomic E-state index is 11.6. The zero-order chi connectivity index (χ0) is 19.7. The molecule has 152 valence electrons. The molecule has 0 atom stereocenters. The Bertz CT molecular complexity index is 530. The summed E-state index contributed by atoms with van der Waals surface area (Å²) in [6.45, 7) is 2.23. The van der Waals surface area contributed by atoms with Crippen LogP contribution in [0.5, 0.6) is 0 Å². The van der Waals surface area contributed by atoms with Gasteiger partial charge in [-0.25, -0.2) is 9.59 Å². The van der Waals surface area contributed by atoms with Crippen LogP contribution in [0.3, 0.4) is 0 Å². The molecular formula is C21H31ClO5. The molecule has 0 spiro atoms. The second-order valence-electron chi connectivity index (χ2n) is 6.48. The van der Waals surface area contributed by atoms with E-state index in [0.717, 1.165) is 18.4 Å². The van der Waals surface area contributed by atoms with Crippen molar-refractivity contribution in [1.29, 1.82) is 0 Å². The molecule has 0 aliphatic heterocycles. The van der Waals surface area contributed by atoms with Gasteiger partial charge in [-0.05, 0) is 24.1 Å². The minimum Gasteiger partial charge on any atom is -0.464 e. The van der Waals surface area contributed by atoms with Crippen LogP contribution in [0.2, 0.25) is 5.02 Å². The first kappa shape index (κ1) is 23.4. The molecule has 27 heavy (non-hydrogen) atoms. The van der Waals surface area contributed by atoms with Gasteiger partial charge in [0.15, 0.2) is 0 Å². The molecule has 1 rings (SSSR count). The highest BCUT2D eigenvalue weighted by molar-refractivity contribution is 6.30. The van der Waals surface area contributed by atoms with Crippen molar-refractivity contribution in [2.75, 3.05) is 19.8 Å². The average Bonchev–Trinajstić information content (AvgIpc) is 2.66. The fourth-order valence-electron chi connectivity index (χ4n) is 2.47. The molecule has 0 fully saturated rings. The van der Waals surface area contributed by atoms with Gasteiger partial charge < -0.3 is 14.2 Å². The van der Waals surface area contributed by atoms with Crippen molar-refractivity contribution >= 4 is 23.5 Å². The van der Waals surface area contributed by atoms with Gasteiger partial charge in [-0.1, -0.05) is 75.6 Å². The summed E-state index contributed by atoms with van der Waals surface area (Å²) in [5, 5.41) is 0.624. The van der Waals surface area contributed by atoms with Crippen molar-refractivity contribution in [2.45, 2.75) is 64.9 Å². The summed E-state index contributed by atoms with van der Waals surface area (Å²) >= 11 is 5.79. The molecule has 0 aliphatic rings. The Hall–Kier alpha value is -1.59. The summed E-state index contributed by atoms with van der Waals surface area (Å²) in [6.07, 6.45) is 9.53. The average molecular weight is 399 g/mol. The zero-order valence-electron chi connectivity index (χ0n) is 16.2. The van der Waals surface area contributed by atoms with Crippen molar-refractivity contribution in [1.82, 2.24) is 0 Å². The Labute approximate surface area is 167 Å². The number of unbranched alkanes of at least 4 members (excludes halogenated alkanes) is 7. The van der Waals surface area contributed by atoms with Gasteiger partial charge in [0.25, 0.3) is 0 Å². The largest absolute Gasteiger partial charge is 0.464 e. The van der Waals surface area contributed by atoms with Crippen LogP contribution < -0.4 is 0 Å². The second-order valence-corrected chi connectivity index (χ2v) is 6.91. The molecule has 0 N–H and O–H groups in total. The van der Waals surface area contributed by atoms with Gasteiger partial charge in [0.05, 0.1) is 6.61 Å². The van der Waals surface area contributed by atoms with Gasteiger partial charge in [-0.3, -0.25) is 0 Å². The van der Waals surface area contributed by atoms with Crippen LogP contribution in [0.25, 0.3) is 0 Å². The summed E-state index contributed by atoms with van der Waals surface area (Å²) < 4.78 is 15.2. The lowest BCUT2D eigenvalue weighted by Gasteiger charge is -2.07. The van der Waals surface area contributed by atoms with Crippen LogP contribution >= 0.6 is 11.6 Å². The minimum absolute atomic E-state index is 0.141. The van der Waals surface area contributed by atoms with Crippen LogP contribution in [0.4, 0.5) is 0 Å². The monoisotopic (exact) mass is 398 g/mol. The molecule has 0 unspecified atom stereocenters. The summed E-state index contributed by atoms with van der Waals surface area (Å²) in [6, 6.07) is 7.01. The predicted molar refractivity (Wildman–Crippen MR) is 106 cm³/mol. The molecule has 0 bridgehead atoms. The maximum atomic E-state index is 11.6. The molecular weight excluding hydrogens is 368 g/mol. The van der Waals surface area contributed by atoms with E-state index in [1.165, 1.54) is 38.5 Å². The summed E-state index contributed by atoms with van der Waals surface area (Å²) in [5.74, 6) is -0.982. The first-order chi connectivity index (χ1) is 13.1. The van der Waals surface area contributed by atoms with Gasteiger partial charge in [0, 0.05) is 5.02 Å². The SMILES string of the molecule is CCCCCCCCCCOC(=O)COCC(=O)OCc1ccc(Cl)cc1. The molecule has 0 amide bonds. The maximum Gasteiger partial charge on any atom is 0.332 e. The molecule has 6 heteroatoms. The first-order valence-electron chi connectivity index (χ1n) is 9.75. The Kier molecular flexibility index (Phi) is 13.4. The summed E-state index contributed by atoms with van der Waals surface area (Å²) in [4.78, 5) is 23.1. The molecule has 0 aromatic heterocycles. The van der Waals surface area contributed by atoms with Gasteiger partial charge in [-0.15, -0.1) is 0 Å². The zero-order valence-corrected chi connectivity index (χ0v) is 17.0. The number of hydrogen-bond acceptors (Lipinski definition) is 5. The van der Waals surface area contributed by atoms with Crippen molar-refractivity contribution in [3.05, 3.63) is 34.9 Å². The van der Waals surface area contributed by atoms with Crippen LogP contribution in [0.1, 0.15) is 63.9 Å². The van der Waals surface area contributed by atoms with E-state index >= 15 is 0 Å². The number of hydrogen-bond donors (Lipinski definition) is 0. The van der Waals surface area contributed by atoms with Crippen LogP contribution in [-0.4, -0.2) is 31.8 Å². The highest BCUT2D eigenvalue weighted by atomic mass is 35.5. The third-order valence-electron chi connectivity index (χ3n) is 4.01. The summed E-state index contributed by atoms with van der Waals surface area (Å²) in [7, 11) is 0. The highest BCUT2D eigenvalue weighted by Crippen LogP contribution is 2.10. The third-order valence-corrected chi connectivity index (χ3v) is 4.27. The topological polar surface area (TPSA) is 61.8 Å². The molecule has 0 radical (unpaired) electrons. The first-order valence-corrected chi connectivity index (χ1v) is 10.1. The van der Waals surface area contributed by atoms with Crippen LogP contribution in [-0.2, 0) is 30.4 Å². The summed E-state index contributed by atoms with van der Waals surface area (Å²) in [5.41, 5.74) is 0.831. The quantitative estimate of drug-likeness (QED) is 0.304. The molecule has 0 aliphatic carbocycles. The Morgan fingerprint density at radius 1 is 0.815 bits per heavy atom. The minimum atomic E-state index is -0.527. The van der Waals surface area contributed by atoms with E-state index in [2.05, 4.69) is 6.92 Å². The fraction of sp³-hybridized carbons (Fsp3) is 0.619. The Morgan fingerprint density at radius 3 is 2.00 bits per heavy atom. The number of benzene rings is 1. The molecule has 0 saturated heterocycles. The van der Waals surface area contributed by atoms with E-state index in [0.29, 0.717) is 11.6 Å². The van der Waals surface area contributed by atoms with E-state index in [1.807, 2.05) is 0 Å². The number of carbonyl (C=O) groups is 2. The number of halogens is 1. The number of ether oxygens (including phenoxy) is 3. The molecule has 0 heterocycles. The molecule has 1 aromatic carbocycles. The number of esters is 2. The van der Waals surface area contributed by atoms with E-state index in [9.17, 15) is 9.59 Å². The molecule has 1 aromatic rings. The van der Waals surface area contributed by atoms with E-state index < -0.39 is 11.9 Å².